The summed E-state index contributed by atoms with van der Waals surface area (Å²) in [6.45, 7) is 9.32. The first-order valence-electron chi connectivity index (χ1n) is 19.6. The van der Waals surface area contributed by atoms with E-state index in [0.717, 1.165) is 38.5 Å². The van der Waals surface area contributed by atoms with Crippen LogP contribution in [-0.2, 0) is 34.1 Å². The van der Waals surface area contributed by atoms with Gasteiger partial charge < -0.3 is 45.6 Å². The molecule has 0 amide bonds. The molecule has 8 heteroatoms. The molecule has 0 aromatic heterocycles. The van der Waals surface area contributed by atoms with Crippen LogP contribution in [0.3, 0.4) is 0 Å². The number of carbonyl (C=O) groups excluding carboxylic acids is 3. The van der Waals surface area contributed by atoms with Crippen molar-refractivity contribution in [2.24, 2.45) is 5.41 Å². The number of ether oxygens (including phenoxy) is 4. The van der Waals surface area contributed by atoms with Gasteiger partial charge in [0, 0.05) is 29.2 Å². The van der Waals surface area contributed by atoms with Gasteiger partial charge in [-0.1, -0.05) is 162 Å². The number of hydrogen-bond acceptors (Lipinski definition) is 7. The molecule has 2 saturated carbocycles. The first-order chi connectivity index (χ1) is 25.9. The Morgan fingerprint density at radius 3 is 1.65 bits per heavy atom. The number of unbranched alkanes of at least 4 members (excludes halogenated alkanes) is 11. The Bertz CT molecular complexity index is 1450. The van der Waals surface area contributed by atoms with Crippen molar-refractivity contribution in [1.29, 1.82) is 0 Å². The fourth-order valence-corrected chi connectivity index (χ4v) is 6.46. The van der Waals surface area contributed by atoms with E-state index in [1.54, 1.807) is 72.8 Å². The van der Waals surface area contributed by atoms with Crippen LogP contribution in [0.25, 0.3) is 0 Å². The van der Waals surface area contributed by atoms with E-state index in [2.05, 4.69) is 33.6 Å². The normalized spacial score (nSPS) is 17.4. The molecule has 3 unspecified atom stereocenters. The Kier molecular flexibility index (Phi) is 20.0. The van der Waals surface area contributed by atoms with Crippen molar-refractivity contribution in [3.63, 3.8) is 0 Å². The number of rotatable bonds is 21. The third-order valence-electron chi connectivity index (χ3n) is 9.87. The van der Waals surface area contributed by atoms with Crippen LogP contribution < -0.4 is 18.9 Å². The maximum absolute atomic E-state index is 14.3. The van der Waals surface area contributed by atoms with Crippen LogP contribution >= 0.6 is 0 Å². The van der Waals surface area contributed by atoms with Crippen LogP contribution in [-0.4, -0.2) is 24.2 Å². The van der Waals surface area contributed by atoms with Gasteiger partial charge in [0.1, 0.15) is 0 Å². The number of hydrogen-bond donors (Lipinski definition) is 0. The van der Waals surface area contributed by atoms with Crippen LogP contribution in [0, 0.1) is 32.1 Å². The van der Waals surface area contributed by atoms with Gasteiger partial charge in [-0.3, -0.25) is 10.2 Å². The van der Waals surface area contributed by atoms with Crippen molar-refractivity contribution < 1.29 is 52.2 Å². The summed E-state index contributed by atoms with van der Waals surface area (Å²) in [6.07, 6.45) is 17.9. The van der Waals surface area contributed by atoms with E-state index in [0.29, 0.717) is 29.5 Å². The molecule has 0 N–H and O–H groups in total. The number of esters is 2. The zero-order valence-electron chi connectivity index (χ0n) is 32.6. The standard InChI is InChI=1S/C42H50O7.C4H8.Li/c1-2-3-4-5-6-7-8-9-10-11-21-28-37(43)47-38(33-22-15-12-16-23-33)48-40(45)49-42(34-24-17-13-18-25-34,35-26-19-14-20-27-35)39(44)46-36-29-30-41(36)31-32-41;1-3-4-2;/h12-20,22-27,30-31,36,38H,2-11,21,28-29,32H2,1H3;1-4H2;/q2*-2;+1. The molecule has 0 aliphatic heterocycles. The molecule has 0 saturated heterocycles. The van der Waals surface area contributed by atoms with Crippen molar-refractivity contribution in [3.05, 3.63) is 134 Å². The zero-order valence-corrected chi connectivity index (χ0v) is 32.6. The zero-order chi connectivity index (χ0) is 37.8. The second kappa shape index (κ2) is 24.1. The van der Waals surface area contributed by atoms with Gasteiger partial charge in [-0.25, -0.2) is 28.9 Å². The third-order valence-corrected chi connectivity index (χ3v) is 9.87. The molecule has 0 bridgehead atoms. The monoisotopic (exact) mass is 729 g/mol. The summed E-state index contributed by atoms with van der Waals surface area (Å²) < 4.78 is 23.6. The molecular formula is C46H58LiO7-3. The molecule has 3 aromatic rings. The van der Waals surface area contributed by atoms with Gasteiger partial charge in [0.05, 0.1) is 0 Å². The molecule has 0 heterocycles. The summed E-state index contributed by atoms with van der Waals surface area (Å²) in [7, 11) is 0. The van der Waals surface area contributed by atoms with E-state index < -0.39 is 30.0 Å². The number of carbonyl (C=O) groups is 3. The quantitative estimate of drug-likeness (QED) is 0.0271. The van der Waals surface area contributed by atoms with E-state index >= 15 is 0 Å². The van der Waals surface area contributed by atoms with Gasteiger partial charge in [0.25, 0.3) is 11.9 Å². The predicted molar refractivity (Wildman–Crippen MR) is 208 cm³/mol. The molecule has 54 heavy (non-hydrogen) atoms. The molecule has 2 aliphatic carbocycles. The smallest absolute Gasteiger partial charge is 0.466 e. The molecule has 2 aliphatic rings. The van der Waals surface area contributed by atoms with Gasteiger partial charge >= 0.3 is 37.0 Å². The Balaban J connectivity index is 0.00000149. The van der Waals surface area contributed by atoms with Crippen molar-refractivity contribution in [2.45, 2.75) is 128 Å². The van der Waals surface area contributed by atoms with Crippen LogP contribution in [0.1, 0.15) is 133 Å². The van der Waals surface area contributed by atoms with E-state index in [-0.39, 0.29) is 36.8 Å². The van der Waals surface area contributed by atoms with Crippen LogP contribution in [0.15, 0.2) is 91.0 Å². The second-order valence-corrected chi connectivity index (χ2v) is 14.0. The number of benzene rings is 3. The topological polar surface area (TPSA) is 88.1 Å². The minimum Gasteiger partial charge on any atom is -0.466 e. The molecular weight excluding hydrogens is 671 g/mol. The van der Waals surface area contributed by atoms with Crippen LogP contribution in [0.5, 0.6) is 0 Å². The molecule has 3 aromatic carbocycles. The van der Waals surface area contributed by atoms with Gasteiger partial charge in [-0.2, -0.15) is 0 Å². The molecule has 1 spiro atoms. The van der Waals surface area contributed by atoms with Crippen LogP contribution in [0.4, 0.5) is 4.79 Å². The van der Waals surface area contributed by atoms with E-state index in [1.165, 1.54) is 44.9 Å². The minimum absolute atomic E-state index is 0. The maximum Gasteiger partial charge on any atom is 1.00 e. The Morgan fingerprint density at radius 2 is 1.20 bits per heavy atom. The molecule has 7 nitrogen and oxygen atoms in total. The van der Waals surface area contributed by atoms with Gasteiger partial charge in [-0.05, 0) is 6.42 Å². The van der Waals surface area contributed by atoms with Gasteiger partial charge in [0.2, 0.25) is 0 Å². The fourth-order valence-electron chi connectivity index (χ4n) is 6.46. The van der Waals surface area contributed by atoms with Crippen molar-refractivity contribution in [1.82, 2.24) is 0 Å². The molecule has 2 fully saturated rings. The van der Waals surface area contributed by atoms with Crippen molar-refractivity contribution in [3.8, 4) is 0 Å². The van der Waals surface area contributed by atoms with Crippen molar-refractivity contribution in [2.75, 3.05) is 0 Å². The second-order valence-electron chi connectivity index (χ2n) is 14.0. The van der Waals surface area contributed by atoms with Crippen molar-refractivity contribution >= 4 is 18.1 Å². The van der Waals surface area contributed by atoms with Gasteiger partial charge in [-0.15, -0.1) is 6.42 Å². The SMILES string of the molecule is CCCCCCCCCCCCCC(=O)OC(OC(=O)OC(C(=O)OC1C[CH-]C12[CH-]C2)(c1ccccc1)c1ccccc1)c1ccccc1.[CH2-]CC[CH2-].[Li+]. The average molecular weight is 730 g/mol. The first-order valence-corrected chi connectivity index (χ1v) is 19.6. The minimum atomic E-state index is -1.97. The van der Waals surface area contributed by atoms with E-state index in [1.807, 2.05) is 18.2 Å². The van der Waals surface area contributed by atoms with E-state index in [9.17, 15) is 14.4 Å². The Morgan fingerprint density at radius 1 is 0.722 bits per heavy atom. The summed E-state index contributed by atoms with van der Waals surface area (Å²) in [5, 5.41) is 0. The average Bonchev–Trinajstić information content (AvgIpc) is 4.02. The summed E-state index contributed by atoms with van der Waals surface area (Å²) in [4.78, 5) is 41.1. The molecule has 0 radical (unpaired) electrons. The summed E-state index contributed by atoms with van der Waals surface area (Å²) in [6, 6.07) is 26.4. The van der Waals surface area contributed by atoms with Crippen LogP contribution in [0.2, 0.25) is 0 Å². The summed E-state index contributed by atoms with van der Waals surface area (Å²) >= 11 is 0. The van der Waals surface area contributed by atoms with Gasteiger partial charge in [0.15, 0.2) is 0 Å². The maximum atomic E-state index is 14.3. The largest absolute Gasteiger partial charge is 1.00 e. The third kappa shape index (κ3) is 13.3. The van der Waals surface area contributed by atoms with E-state index in [4.69, 9.17) is 18.9 Å². The Hall–Kier alpha value is -3.53. The molecule has 3 atom stereocenters. The predicted octanol–water partition coefficient (Wildman–Crippen LogP) is 8.58. The fraction of sp³-hybridized carbons (Fsp3) is 0.457. The summed E-state index contributed by atoms with van der Waals surface area (Å²) in [5.41, 5.74) is -0.882. The molecule has 5 rings (SSSR count). The molecule has 288 valence electrons. The Labute approximate surface area is 336 Å². The first kappa shape index (κ1) is 44.9. The summed E-state index contributed by atoms with van der Waals surface area (Å²) in [5.74, 6) is -1.19.